The van der Waals surface area contributed by atoms with Crippen LogP contribution < -0.4 is 0 Å². The van der Waals surface area contributed by atoms with Crippen molar-refractivity contribution in [2.75, 3.05) is 0 Å². The Kier molecular flexibility index (Phi) is 5.06. The Morgan fingerprint density at radius 3 is 2.83 bits per heavy atom. The van der Waals surface area contributed by atoms with Gasteiger partial charge in [-0.05, 0) is 43.7 Å². The van der Waals surface area contributed by atoms with E-state index < -0.39 is 0 Å². The third kappa shape index (κ3) is 4.02. The fourth-order valence-electron chi connectivity index (χ4n) is 2.38. The van der Waals surface area contributed by atoms with Crippen LogP contribution in [0.3, 0.4) is 0 Å². The molecule has 2 heteroatoms. The van der Waals surface area contributed by atoms with E-state index in [4.69, 9.17) is 0 Å². The van der Waals surface area contributed by atoms with Crippen molar-refractivity contribution in [2.24, 2.45) is 5.92 Å². The Balaban J connectivity index is 1.87. The van der Waals surface area contributed by atoms with E-state index in [0.29, 0.717) is 5.78 Å². The summed E-state index contributed by atoms with van der Waals surface area (Å²) < 4.78 is 0. The third-order valence-electron chi connectivity index (χ3n) is 3.39. The average Bonchev–Trinajstić information content (AvgIpc) is 2.40. The normalized spacial score (nSPS) is 21.1. The van der Waals surface area contributed by atoms with Gasteiger partial charge in [0, 0.05) is 17.2 Å². The number of ketones is 1. The van der Waals surface area contributed by atoms with Gasteiger partial charge in [0.1, 0.15) is 5.78 Å². The van der Waals surface area contributed by atoms with Crippen LogP contribution in [0.15, 0.2) is 46.2 Å². The van der Waals surface area contributed by atoms with E-state index in [1.807, 2.05) is 6.07 Å². The van der Waals surface area contributed by atoms with Crippen LogP contribution in [-0.2, 0) is 4.79 Å². The molecule has 1 aliphatic rings. The Morgan fingerprint density at radius 2 is 2.11 bits per heavy atom. The number of benzene rings is 1. The molecule has 1 nitrogen and oxygen atoms in total. The summed E-state index contributed by atoms with van der Waals surface area (Å²) in [6, 6.07) is 10.4. The Bertz CT molecular complexity index is 422. The SMILES string of the molecule is C/C(=C\Sc1ccccc1)CC1CCCCC1=O. The molecule has 1 aromatic carbocycles. The molecule has 18 heavy (non-hydrogen) atoms. The Labute approximate surface area is 114 Å². The highest BCUT2D eigenvalue weighted by molar-refractivity contribution is 8.02. The zero-order chi connectivity index (χ0) is 12.8. The summed E-state index contributed by atoms with van der Waals surface area (Å²) in [6.45, 7) is 2.14. The molecule has 0 N–H and O–H groups in total. The van der Waals surface area contributed by atoms with Crippen molar-refractivity contribution < 1.29 is 4.79 Å². The maximum Gasteiger partial charge on any atom is 0.136 e. The smallest absolute Gasteiger partial charge is 0.136 e. The summed E-state index contributed by atoms with van der Waals surface area (Å²) in [6.07, 6.45) is 5.13. The van der Waals surface area contributed by atoms with E-state index in [-0.39, 0.29) is 5.92 Å². The molecule has 0 amide bonds. The molecule has 1 atom stereocenters. The van der Waals surface area contributed by atoms with Gasteiger partial charge in [-0.1, -0.05) is 42.0 Å². The lowest BCUT2D eigenvalue weighted by Crippen LogP contribution is -2.18. The molecule has 0 heterocycles. The number of carbonyl (C=O) groups is 1. The van der Waals surface area contributed by atoms with Gasteiger partial charge in [0.05, 0.1) is 0 Å². The lowest BCUT2D eigenvalue weighted by molar-refractivity contribution is -0.124. The van der Waals surface area contributed by atoms with Crippen LogP contribution in [0.25, 0.3) is 0 Å². The average molecular weight is 260 g/mol. The van der Waals surface area contributed by atoms with Gasteiger partial charge < -0.3 is 0 Å². The highest BCUT2D eigenvalue weighted by Gasteiger charge is 2.21. The van der Waals surface area contributed by atoms with Crippen molar-refractivity contribution in [3.63, 3.8) is 0 Å². The molecular formula is C16H20OS. The first-order chi connectivity index (χ1) is 8.75. The maximum atomic E-state index is 11.8. The van der Waals surface area contributed by atoms with Gasteiger partial charge in [-0.25, -0.2) is 0 Å². The molecule has 96 valence electrons. The lowest BCUT2D eigenvalue weighted by Gasteiger charge is -2.20. The van der Waals surface area contributed by atoms with E-state index in [1.165, 1.54) is 16.9 Å². The van der Waals surface area contributed by atoms with Gasteiger partial charge in [0.15, 0.2) is 0 Å². The topological polar surface area (TPSA) is 17.1 Å². The summed E-state index contributed by atoms with van der Waals surface area (Å²) in [7, 11) is 0. The molecule has 0 aromatic heterocycles. The molecule has 0 saturated heterocycles. The fourth-order valence-corrected chi connectivity index (χ4v) is 3.12. The number of hydrogen-bond acceptors (Lipinski definition) is 2. The minimum Gasteiger partial charge on any atom is -0.299 e. The highest BCUT2D eigenvalue weighted by Crippen LogP contribution is 2.28. The van der Waals surface area contributed by atoms with Gasteiger partial charge in [0.2, 0.25) is 0 Å². The molecule has 2 rings (SSSR count). The monoisotopic (exact) mass is 260 g/mol. The summed E-state index contributed by atoms with van der Waals surface area (Å²) in [5.74, 6) is 0.755. The highest BCUT2D eigenvalue weighted by atomic mass is 32.2. The summed E-state index contributed by atoms with van der Waals surface area (Å²) >= 11 is 1.74. The van der Waals surface area contributed by atoms with Crippen molar-refractivity contribution in [1.82, 2.24) is 0 Å². The second kappa shape index (κ2) is 6.79. The summed E-state index contributed by atoms with van der Waals surface area (Å²) in [4.78, 5) is 13.0. The molecule has 1 fully saturated rings. The molecule has 1 unspecified atom stereocenters. The fraction of sp³-hybridized carbons (Fsp3) is 0.438. The molecule has 1 aromatic rings. The van der Waals surface area contributed by atoms with Crippen molar-refractivity contribution in [1.29, 1.82) is 0 Å². The van der Waals surface area contributed by atoms with Gasteiger partial charge in [-0.3, -0.25) is 4.79 Å². The molecule has 1 saturated carbocycles. The van der Waals surface area contributed by atoms with Crippen LogP contribution >= 0.6 is 11.8 Å². The van der Waals surface area contributed by atoms with Crippen LogP contribution in [0.1, 0.15) is 39.0 Å². The largest absolute Gasteiger partial charge is 0.299 e. The molecule has 1 aliphatic carbocycles. The lowest BCUT2D eigenvalue weighted by atomic mass is 9.84. The molecular weight excluding hydrogens is 240 g/mol. The zero-order valence-electron chi connectivity index (χ0n) is 10.9. The number of Topliss-reactive ketones (excluding diaryl/α,β-unsaturated/α-hetero) is 1. The first kappa shape index (κ1) is 13.4. The van der Waals surface area contributed by atoms with Crippen molar-refractivity contribution >= 4 is 17.5 Å². The van der Waals surface area contributed by atoms with E-state index in [9.17, 15) is 4.79 Å². The van der Waals surface area contributed by atoms with Crippen LogP contribution in [0, 0.1) is 5.92 Å². The first-order valence-electron chi connectivity index (χ1n) is 6.66. The van der Waals surface area contributed by atoms with E-state index in [0.717, 1.165) is 25.7 Å². The number of allylic oxidation sites excluding steroid dienone is 1. The second-order valence-electron chi connectivity index (χ2n) is 5.01. The van der Waals surface area contributed by atoms with E-state index in [1.54, 1.807) is 11.8 Å². The summed E-state index contributed by atoms with van der Waals surface area (Å²) in [5.41, 5.74) is 1.32. The van der Waals surface area contributed by atoms with Crippen LogP contribution in [0.4, 0.5) is 0 Å². The van der Waals surface area contributed by atoms with Crippen LogP contribution in [-0.4, -0.2) is 5.78 Å². The van der Waals surface area contributed by atoms with Crippen molar-refractivity contribution in [3.8, 4) is 0 Å². The molecule has 0 bridgehead atoms. The zero-order valence-corrected chi connectivity index (χ0v) is 11.7. The first-order valence-corrected chi connectivity index (χ1v) is 7.54. The summed E-state index contributed by atoms with van der Waals surface area (Å²) in [5, 5.41) is 2.19. The van der Waals surface area contributed by atoms with Gasteiger partial charge in [-0.2, -0.15) is 0 Å². The van der Waals surface area contributed by atoms with Crippen LogP contribution in [0.5, 0.6) is 0 Å². The Morgan fingerprint density at radius 1 is 1.33 bits per heavy atom. The number of thioether (sulfide) groups is 1. The molecule has 0 radical (unpaired) electrons. The predicted molar refractivity (Wildman–Crippen MR) is 77.6 cm³/mol. The molecule has 0 aliphatic heterocycles. The van der Waals surface area contributed by atoms with Gasteiger partial charge in [0.25, 0.3) is 0 Å². The number of carbonyl (C=O) groups excluding carboxylic acids is 1. The Hall–Kier alpha value is -1.02. The quantitative estimate of drug-likeness (QED) is 0.721. The van der Waals surface area contributed by atoms with Gasteiger partial charge >= 0.3 is 0 Å². The third-order valence-corrected chi connectivity index (χ3v) is 4.45. The van der Waals surface area contributed by atoms with E-state index >= 15 is 0 Å². The molecule has 0 spiro atoms. The predicted octanol–water partition coefficient (Wildman–Crippen LogP) is 4.83. The van der Waals surface area contributed by atoms with Crippen molar-refractivity contribution in [3.05, 3.63) is 41.3 Å². The standard InChI is InChI=1S/C16H20OS/c1-13(11-14-7-5-6-10-16(14)17)12-18-15-8-3-2-4-9-15/h2-4,8-9,12,14H,5-7,10-11H2,1H3/b13-12+. The maximum absolute atomic E-state index is 11.8. The minimum absolute atomic E-state index is 0.284. The number of hydrogen-bond donors (Lipinski definition) is 0. The van der Waals surface area contributed by atoms with Crippen LogP contribution in [0.2, 0.25) is 0 Å². The van der Waals surface area contributed by atoms with Crippen molar-refractivity contribution in [2.45, 2.75) is 43.9 Å². The second-order valence-corrected chi connectivity index (χ2v) is 5.95. The minimum atomic E-state index is 0.284. The van der Waals surface area contributed by atoms with E-state index in [2.05, 4.69) is 36.6 Å². The van der Waals surface area contributed by atoms with Gasteiger partial charge in [-0.15, -0.1) is 0 Å². The number of rotatable bonds is 4.